The lowest BCUT2D eigenvalue weighted by Gasteiger charge is -2.32. The molecule has 0 radical (unpaired) electrons. The molecule has 0 atom stereocenters. The van der Waals surface area contributed by atoms with E-state index in [9.17, 15) is 9.59 Å². The van der Waals surface area contributed by atoms with Gasteiger partial charge in [-0.1, -0.05) is 17.8 Å². The second-order valence-electron chi connectivity index (χ2n) is 7.42. The second kappa shape index (κ2) is 8.08. The van der Waals surface area contributed by atoms with Crippen LogP contribution in [0, 0.1) is 0 Å². The van der Waals surface area contributed by atoms with Crippen LogP contribution in [0.15, 0.2) is 23.7 Å². The molecule has 2 rings (SSSR count). The van der Waals surface area contributed by atoms with Gasteiger partial charge in [-0.15, -0.1) is 0 Å². The van der Waals surface area contributed by atoms with Crippen LogP contribution in [-0.2, 0) is 18.8 Å². The monoisotopic (exact) mass is 391 g/mol. The van der Waals surface area contributed by atoms with Crippen LogP contribution in [0.3, 0.4) is 0 Å². The number of benzene rings is 1. The molecule has 0 saturated carbocycles. The van der Waals surface area contributed by atoms with Gasteiger partial charge in [0.2, 0.25) is 0 Å². The summed E-state index contributed by atoms with van der Waals surface area (Å²) in [6, 6.07) is 4.92. The standard InChI is InChI=1S/C19H26BNO5S/c1-12(22)27-11-15(20-25-18(2,3)19(4,5)26-20)10-14-9-13(17(23)24-6)7-8-16(14)21/h7-10H,11,21H2,1-6H3. The number of carbonyl (C=O) groups excluding carboxylic acids is 2. The predicted octanol–water partition coefficient (Wildman–Crippen LogP) is 3.35. The van der Waals surface area contributed by atoms with Gasteiger partial charge in [0.05, 0.1) is 23.9 Å². The molecule has 0 spiro atoms. The van der Waals surface area contributed by atoms with Gasteiger partial charge in [-0.2, -0.15) is 0 Å². The third-order valence-corrected chi connectivity index (χ3v) is 5.73. The summed E-state index contributed by atoms with van der Waals surface area (Å²) in [5.74, 6) is -0.0476. The van der Waals surface area contributed by atoms with E-state index in [0.29, 0.717) is 22.6 Å². The Morgan fingerprint density at radius 3 is 2.33 bits per heavy atom. The number of nitrogen functional groups attached to an aromatic ring is 1. The third kappa shape index (κ3) is 4.94. The highest BCUT2D eigenvalue weighted by Crippen LogP contribution is 2.39. The fourth-order valence-corrected chi connectivity index (χ4v) is 3.09. The Bertz CT molecular complexity index is 759. The largest absolute Gasteiger partial charge is 0.491 e. The Hall–Kier alpha value is -1.77. The molecule has 0 amide bonds. The molecule has 8 heteroatoms. The molecule has 146 valence electrons. The Kier molecular flexibility index (Phi) is 6.45. The van der Waals surface area contributed by atoms with Crippen LogP contribution in [0.4, 0.5) is 5.69 Å². The maximum atomic E-state index is 11.8. The van der Waals surface area contributed by atoms with E-state index in [1.807, 2.05) is 33.8 Å². The highest BCUT2D eigenvalue weighted by molar-refractivity contribution is 8.13. The highest BCUT2D eigenvalue weighted by atomic mass is 32.2. The van der Waals surface area contributed by atoms with Crippen molar-refractivity contribution in [2.75, 3.05) is 18.6 Å². The summed E-state index contributed by atoms with van der Waals surface area (Å²) in [4.78, 5) is 23.3. The molecule has 0 aromatic heterocycles. The van der Waals surface area contributed by atoms with E-state index in [0.717, 1.165) is 5.47 Å². The Morgan fingerprint density at radius 2 is 1.81 bits per heavy atom. The molecule has 1 heterocycles. The molecule has 0 aliphatic carbocycles. The molecule has 1 saturated heterocycles. The van der Waals surface area contributed by atoms with Gasteiger partial charge >= 0.3 is 13.1 Å². The van der Waals surface area contributed by atoms with E-state index >= 15 is 0 Å². The zero-order valence-electron chi connectivity index (χ0n) is 16.6. The predicted molar refractivity (Wildman–Crippen MR) is 109 cm³/mol. The van der Waals surface area contributed by atoms with Gasteiger partial charge in [0.15, 0.2) is 5.12 Å². The van der Waals surface area contributed by atoms with Crippen LogP contribution in [0.5, 0.6) is 0 Å². The number of nitrogens with two attached hydrogens (primary N) is 1. The zero-order chi connectivity index (χ0) is 20.4. The van der Waals surface area contributed by atoms with Crippen molar-refractivity contribution in [2.24, 2.45) is 0 Å². The van der Waals surface area contributed by atoms with Crippen molar-refractivity contribution in [3.05, 3.63) is 34.8 Å². The summed E-state index contributed by atoms with van der Waals surface area (Å²) in [6.45, 7) is 9.38. The number of rotatable bonds is 5. The molecule has 27 heavy (non-hydrogen) atoms. The summed E-state index contributed by atoms with van der Waals surface area (Å²) in [5.41, 5.74) is 7.39. The number of ether oxygens (including phenoxy) is 1. The Morgan fingerprint density at radius 1 is 1.22 bits per heavy atom. The number of anilines is 1. The third-order valence-electron chi connectivity index (χ3n) is 4.85. The Balaban J connectivity index is 2.43. The average Bonchev–Trinajstić information content (AvgIpc) is 2.79. The average molecular weight is 391 g/mol. The van der Waals surface area contributed by atoms with Gasteiger partial charge in [-0.25, -0.2) is 4.79 Å². The van der Waals surface area contributed by atoms with E-state index in [1.54, 1.807) is 18.2 Å². The minimum absolute atomic E-state index is 0.00583. The van der Waals surface area contributed by atoms with Gasteiger partial charge in [-0.3, -0.25) is 4.79 Å². The van der Waals surface area contributed by atoms with Gasteiger partial charge in [0, 0.05) is 18.4 Å². The van der Waals surface area contributed by atoms with Crippen molar-refractivity contribution < 1.29 is 23.6 Å². The number of hydrogen-bond donors (Lipinski definition) is 1. The smallest absolute Gasteiger partial charge is 0.465 e. The number of carbonyl (C=O) groups is 2. The van der Waals surface area contributed by atoms with E-state index < -0.39 is 24.3 Å². The van der Waals surface area contributed by atoms with Crippen molar-refractivity contribution in [1.82, 2.24) is 0 Å². The molecule has 1 aliphatic heterocycles. The SMILES string of the molecule is COC(=O)c1ccc(N)c(C=C(CSC(C)=O)B2OC(C)(C)C(C)(C)O2)c1. The number of thioether (sulfide) groups is 1. The lowest BCUT2D eigenvalue weighted by atomic mass is 9.78. The maximum Gasteiger partial charge on any atom is 0.491 e. The van der Waals surface area contributed by atoms with Gasteiger partial charge in [0.25, 0.3) is 0 Å². The lowest BCUT2D eigenvalue weighted by Crippen LogP contribution is -2.41. The second-order valence-corrected chi connectivity index (χ2v) is 8.58. The summed E-state index contributed by atoms with van der Waals surface area (Å²) in [5, 5.41) is -0.00583. The highest BCUT2D eigenvalue weighted by Gasteiger charge is 2.52. The van der Waals surface area contributed by atoms with Crippen molar-refractivity contribution in [2.45, 2.75) is 45.8 Å². The molecule has 1 aromatic rings. The first kappa shape index (κ1) is 21.5. The van der Waals surface area contributed by atoms with Gasteiger partial charge in [-0.05, 0) is 56.9 Å². The van der Waals surface area contributed by atoms with Crippen LogP contribution < -0.4 is 5.73 Å². The first-order chi connectivity index (χ1) is 12.5. The van der Waals surface area contributed by atoms with E-state index in [4.69, 9.17) is 19.8 Å². The van der Waals surface area contributed by atoms with Crippen LogP contribution in [0.1, 0.15) is 50.5 Å². The van der Waals surface area contributed by atoms with E-state index in [2.05, 4.69) is 0 Å². The molecule has 1 fully saturated rings. The first-order valence-corrected chi connectivity index (χ1v) is 9.62. The molecule has 0 unspecified atom stereocenters. The fourth-order valence-electron chi connectivity index (χ4n) is 2.50. The number of methoxy groups -OCH3 is 1. The quantitative estimate of drug-likeness (QED) is 0.468. The van der Waals surface area contributed by atoms with Gasteiger partial charge in [0.1, 0.15) is 0 Å². The van der Waals surface area contributed by atoms with Crippen molar-refractivity contribution in [1.29, 1.82) is 0 Å². The summed E-state index contributed by atoms with van der Waals surface area (Å²) in [7, 11) is 0.719. The minimum atomic E-state index is -0.608. The maximum absolute atomic E-state index is 11.8. The topological polar surface area (TPSA) is 87.9 Å². The Labute approximate surface area is 164 Å². The summed E-state index contributed by atoms with van der Waals surface area (Å²) >= 11 is 1.17. The minimum Gasteiger partial charge on any atom is -0.465 e. The molecule has 2 N–H and O–H groups in total. The van der Waals surface area contributed by atoms with E-state index in [-0.39, 0.29) is 5.12 Å². The van der Waals surface area contributed by atoms with Crippen LogP contribution >= 0.6 is 11.8 Å². The number of hydrogen-bond acceptors (Lipinski definition) is 7. The van der Waals surface area contributed by atoms with Crippen molar-refractivity contribution >= 4 is 41.7 Å². The summed E-state index contributed by atoms with van der Waals surface area (Å²) in [6.07, 6.45) is 1.82. The van der Waals surface area contributed by atoms with Crippen LogP contribution in [0.25, 0.3) is 6.08 Å². The molecule has 0 bridgehead atoms. The molecule has 1 aromatic carbocycles. The summed E-state index contributed by atoms with van der Waals surface area (Å²) < 4.78 is 17.0. The first-order valence-electron chi connectivity index (χ1n) is 8.64. The fraction of sp³-hybridized carbons (Fsp3) is 0.474. The van der Waals surface area contributed by atoms with E-state index in [1.165, 1.54) is 25.8 Å². The normalized spacial score (nSPS) is 18.4. The molecular formula is C19H26BNO5S. The lowest BCUT2D eigenvalue weighted by molar-refractivity contribution is -0.109. The van der Waals surface area contributed by atoms with Gasteiger partial charge < -0.3 is 19.8 Å². The van der Waals surface area contributed by atoms with Crippen LogP contribution in [0.2, 0.25) is 0 Å². The van der Waals surface area contributed by atoms with Crippen molar-refractivity contribution in [3.63, 3.8) is 0 Å². The van der Waals surface area contributed by atoms with Crippen LogP contribution in [-0.4, -0.2) is 42.3 Å². The zero-order valence-corrected chi connectivity index (χ0v) is 17.4. The molecule has 6 nitrogen and oxygen atoms in total. The molecular weight excluding hydrogens is 365 g/mol. The van der Waals surface area contributed by atoms with Crippen molar-refractivity contribution in [3.8, 4) is 0 Å². The number of esters is 1. The molecule has 1 aliphatic rings.